The average Bonchev–Trinajstić information content (AvgIpc) is 2.08. The van der Waals surface area contributed by atoms with Crippen LogP contribution in [0.4, 0.5) is 0 Å². The summed E-state index contributed by atoms with van der Waals surface area (Å²) in [5.74, 6) is 0.753. The van der Waals surface area contributed by atoms with E-state index in [1.54, 1.807) is 7.11 Å². The van der Waals surface area contributed by atoms with Gasteiger partial charge in [0.25, 0.3) is 0 Å². The molecule has 11 heavy (non-hydrogen) atoms. The summed E-state index contributed by atoms with van der Waals surface area (Å²) in [6, 6.07) is 0. The Morgan fingerprint density at radius 3 is 2.09 bits per heavy atom. The van der Waals surface area contributed by atoms with E-state index in [9.17, 15) is 0 Å². The topological polar surface area (TPSA) is 9.23 Å². The summed E-state index contributed by atoms with van der Waals surface area (Å²) in [6.45, 7) is 5.22. The SMILES string of the molecule is CCC(CC)(CCl)CCOC. The molecule has 0 aromatic rings. The van der Waals surface area contributed by atoms with Crippen molar-refractivity contribution in [3.8, 4) is 0 Å². The van der Waals surface area contributed by atoms with Gasteiger partial charge in [-0.1, -0.05) is 13.8 Å². The van der Waals surface area contributed by atoms with Gasteiger partial charge in [-0.2, -0.15) is 0 Å². The van der Waals surface area contributed by atoms with Crippen LogP contribution in [0.2, 0.25) is 0 Å². The summed E-state index contributed by atoms with van der Waals surface area (Å²) in [5, 5.41) is 0. The molecule has 1 nitrogen and oxygen atoms in total. The molecule has 0 rings (SSSR count). The first-order chi connectivity index (χ1) is 5.24. The number of methoxy groups -OCH3 is 1. The number of ether oxygens (including phenoxy) is 1. The summed E-state index contributed by atoms with van der Waals surface area (Å²) >= 11 is 5.90. The molecule has 0 saturated carbocycles. The van der Waals surface area contributed by atoms with E-state index in [0.717, 1.165) is 31.7 Å². The fourth-order valence-corrected chi connectivity index (χ4v) is 1.69. The van der Waals surface area contributed by atoms with Gasteiger partial charge in [0, 0.05) is 19.6 Å². The molecule has 0 N–H and O–H groups in total. The van der Waals surface area contributed by atoms with Crippen LogP contribution in [0.1, 0.15) is 33.1 Å². The largest absolute Gasteiger partial charge is 0.385 e. The van der Waals surface area contributed by atoms with Crippen molar-refractivity contribution in [2.45, 2.75) is 33.1 Å². The minimum absolute atomic E-state index is 0.317. The highest BCUT2D eigenvalue weighted by molar-refractivity contribution is 6.18. The Hall–Kier alpha value is 0.250. The zero-order valence-electron chi connectivity index (χ0n) is 7.82. The minimum Gasteiger partial charge on any atom is -0.385 e. The van der Waals surface area contributed by atoms with Gasteiger partial charge < -0.3 is 4.74 Å². The monoisotopic (exact) mass is 178 g/mol. The smallest absolute Gasteiger partial charge is 0.0467 e. The van der Waals surface area contributed by atoms with Crippen LogP contribution in [-0.4, -0.2) is 19.6 Å². The van der Waals surface area contributed by atoms with Crippen molar-refractivity contribution >= 4 is 11.6 Å². The van der Waals surface area contributed by atoms with Crippen molar-refractivity contribution in [2.24, 2.45) is 5.41 Å². The molecule has 0 radical (unpaired) electrons. The fourth-order valence-electron chi connectivity index (χ4n) is 1.18. The molecule has 0 spiro atoms. The van der Waals surface area contributed by atoms with Crippen molar-refractivity contribution in [3.63, 3.8) is 0 Å². The lowest BCUT2D eigenvalue weighted by molar-refractivity contribution is 0.140. The predicted molar refractivity (Wildman–Crippen MR) is 50.2 cm³/mol. The molecule has 0 unspecified atom stereocenters. The molecule has 0 bridgehead atoms. The first-order valence-corrected chi connectivity index (χ1v) is 4.83. The molecule has 2 heteroatoms. The van der Waals surface area contributed by atoms with Crippen molar-refractivity contribution in [3.05, 3.63) is 0 Å². The molecule has 0 atom stereocenters. The highest BCUT2D eigenvalue weighted by Gasteiger charge is 2.24. The van der Waals surface area contributed by atoms with Crippen LogP contribution < -0.4 is 0 Å². The summed E-state index contributed by atoms with van der Waals surface area (Å²) in [5.41, 5.74) is 0.317. The lowest BCUT2D eigenvalue weighted by Crippen LogP contribution is -2.22. The van der Waals surface area contributed by atoms with Gasteiger partial charge >= 0.3 is 0 Å². The van der Waals surface area contributed by atoms with Crippen LogP contribution in [0.5, 0.6) is 0 Å². The minimum atomic E-state index is 0.317. The summed E-state index contributed by atoms with van der Waals surface area (Å²) in [7, 11) is 1.74. The zero-order chi connectivity index (χ0) is 8.74. The van der Waals surface area contributed by atoms with E-state index in [2.05, 4.69) is 13.8 Å². The fraction of sp³-hybridized carbons (Fsp3) is 1.00. The standard InChI is InChI=1S/C9H19ClO/c1-4-9(5-2,8-10)6-7-11-3/h4-8H2,1-3H3. The van der Waals surface area contributed by atoms with Crippen LogP contribution in [0, 0.1) is 5.41 Å². The Bertz CT molecular complexity index is 81.3. The van der Waals surface area contributed by atoms with Gasteiger partial charge in [-0.3, -0.25) is 0 Å². The third-order valence-corrected chi connectivity index (χ3v) is 3.19. The first-order valence-electron chi connectivity index (χ1n) is 4.29. The van der Waals surface area contributed by atoms with Gasteiger partial charge in [-0.25, -0.2) is 0 Å². The Balaban J connectivity index is 3.84. The van der Waals surface area contributed by atoms with E-state index in [1.807, 2.05) is 0 Å². The van der Waals surface area contributed by atoms with E-state index in [0.29, 0.717) is 5.41 Å². The Morgan fingerprint density at radius 2 is 1.82 bits per heavy atom. The Kier molecular flexibility index (Phi) is 5.98. The van der Waals surface area contributed by atoms with Gasteiger partial charge in [-0.15, -0.1) is 11.6 Å². The van der Waals surface area contributed by atoms with E-state index in [1.165, 1.54) is 0 Å². The van der Waals surface area contributed by atoms with Crippen LogP contribution >= 0.6 is 11.6 Å². The summed E-state index contributed by atoms with van der Waals surface area (Å²) in [4.78, 5) is 0. The highest BCUT2D eigenvalue weighted by Crippen LogP contribution is 2.31. The molecule has 0 saturated heterocycles. The molecule has 0 aliphatic carbocycles. The Morgan fingerprint density at radius 1 is 1.27 bits per heavy atom. The molecule has 0 heterocycles. The number of hydrogen-bond donors (Lipinski definition) is 0. The lowest BCUT2D eigenvalue weighted by Gasteiger charge is -2.28. The number of alkyl halides is 1. The first kappa shape index (κ1) is 11.2. The number of halogens is 1. The van der Waals surface area contributed by atoms with E-state index in [4.69, 9.17) is 16.3 Å². The molecule has 0 aliphatic rings. The van der Waals surface area contributed by atoms with Gasteiger partial charge in [0.05, 0.1) is 0 Å². The van der Waals surface area contributed by atoms with Gasteiger partial charge in [0.15, 0.2) is 0 Å². The second kappa shape index (κ2) is 5.84. The molecule has 68 valence electrons. The van der Waals surface area contributed by atoms with Crippen molar-refractivity contribution < 1.29 is 4.74 Å². The molecular formula is C9H19ClO. The lowest BCUT2D eigenvalue weighted by atomic mass is 9.81. The van der Waals surface area contributed by atoms with Crippen molar-refractivity contribution in [2.75, 3.05) is 19.6 Å². The molecule has 0 aliphatic heterocycles. The van der Waals surface area contributed by atoms with E-state index >= 15 is 0 Å². The summed E-state index contributed by atoms with van der Waals surface area (Å²) in [6.07, 6.45) is 3.38. The van der Waals surface area contributed by atoms with Gasteiger partial charge in [0.1, 0.15) is 0 Å². The van der Waals surface area contributed by atoms with E-state index < -0.39 is 0 Å². The maximum Gasteiger partial charge on any atom is 0.0467 e. The van der Waals surface area contributed by atoms with Crippen LogP contribution in [0.15, 0.2) is 0 Å². The summed E-state index contributed by atoms with van der Waals surface area (Å²) < 4.78 is 5.04. The van der Waals surface area contributed by atoms with E-state index in [-0.39, 0.29) is 0 Å². The molecule has 0 amide bonds. The average molecular weight is 179 g/mol. The number of rotatable bonds is 6. The second-order valence-electron chi connectivity index (χ2n) is 3.08. The molecule has 0 fully saturated rings. The maximum absolute atomic E-state index is 5.90. The van der Waals surface area contributed by atoms with Gasteiger partial charge in [0.2, 0.25) is 0 Å². The normalized spacial score (nSPS) is 12.0. The molecular weight excluding hydrogens is 160 g/mol. The zero-order valence-corrected chi connectivity index (χ0v) is 8.58. The predicted octanol–water partition coefficient (Wildman–Crippen LogP) is 3.07. The third-order valence-electron chi connectivity index (χ3n) is 2.62. The quantitative estimate of drug-likeness (QED) is 0.568. The second-order valence-corrected chi connectivity index (χ2v) is 3.35. The van der Waals surface area contributed by atoms with Crippen LogP contribution in [-0.2, 0) is 4.74 Å². The highest BCUT2D eigenvalue weighted by atomic mass is 35.5. The third kappa shape index (κ3) is 3.44. The van der Waals surface area contributed by atoms with Crippen molar-refractivity contribution in [1.82, 2.24) is 0 Å². The van der Waals surface area contributed by atoms with Crippen molar-refractivity contribution in [1.29, 1.82) is 0 Å². The molecule has 0 aromatic heterocycles. The van der Waals surface area contributed by atoms with Crippen LogP contribution in [0.3, 0.4) is 0 Å². The number of hydrogen-bond acceptors (Lipinski definition) is 1. The van der Waals surface area contributed by atoms with Gasteiger partial charge in [-0.05, 0) is 24.7 Å². The molecule has 0 aromatic carbocycles. The Labute approximate surface area is 75.1 Å². The maximum atomic E-state index is 5.90. The van der Waals surface area contributed by atoms with Crippen LogP contribution in [0.25, 0.3) is 0 Å².